The summed E-state index contributed by atoms with van der Waals surface area (Å²) in [5.74, 6) is 1.75. The molecule has 1 aromatic rings. The van der Waals surface area contributed by atoms with Crippen LogP contribution < -0.4 is 10.6 Å². The lowest BCUT2D eigenvalue weighted by atomic mass is 10.1. The van der Waals surface area contributed by atoms with Gasteiger partial charge in [0.15, 0.2) is 5.96 Å². The first kappa shape index (κ1) is 13.2. The van der Waals surface area contributed by atoms with Gasteiger partial charge in [-0.1, -0.05) is 23.7 Å². The highest BCUT2D eigenvalue weighted by molar-refractivity contribution is 6.30. The fraction of sp³-hybridized carbons (Fsp3) is 0.500. The molecule has 2 N–H and O–H groups in total. The Kier molecular flexibility index (Phi) is 4.88. The van der Waals surface area contributed by atoms with Gasteiger partial charge in [-0.25, -0.2) is 0 Å². The van der Waals surface area contributed by atoms with Gasteiger partial charge in [-0.3, -0.25) is 4.99 Å². The molecular weight excluding hydrogens is 246 g/mol. The molecule has 3 nitrogen and oxygen atoms in total. The van der Waals surface area contributed by atoms with Crippen molar-refractivity contribution in [3.63, 3.8) is 0 Å². The van der Waals surface area contributed by atoms with Gasteiger partial charge in [0.1, 0.15) is 0 Å². The SMILES string of the molecule is CN=C(NCCc1cccc(Cl)c1)NCC1CC1. The number of nitrogens with zero attached hydrogens (tertiary/aromatic N) is 1. The molecule has 0 atom stereocenters. The van der Waals surface area contributed by atoms with E-state index in [1.165, 1.54) is 18.4 Å². The summed E-state index contributed by atoms with van der Waals surface area (Å²) in [7, 11) is 1.81. The maximum absolute atomic E-state index is 5.95. The summed E-state index contributed by atoms with van der Waals surface area (Å²) in [5, 5.41) is 7.45. The first-order valence-corrected chi connectivity index (χ1v) is 6.84. The van der Waals surface area contributed by atoms with Crippen LogP contribution in [0.5, 0.6) is 0 Å². The average molecular weight is 266 g/mol. The van der Waals surface area contributed by atoms with E-state index in [9.17, 15) is 0 Å². The largest absolute Gasteiger partial charge is 0.356 e. The van der Waals surface area contributed by atoms with Gasteiger partial charge in [0, 0.05) is 25.2 Å². The van der Waals surface area contributed by atoms with E-state index in [1.807, 2.05) is 25.2 Å². The molecule has 1 saturated carbocycles. The van der Waals surface area contributed by atoms with Gasteiger partial charge < -0.3 is 10.6 Å². The Balaban J connectivity index is 1.69. The number of hydrogen-bond acceptors (Lipinski definition) is 1. The van der Waals surface area contributed by atoms with Crippen molar-refractivity contribution in [3.8, 4) is 0 Å². The van der Waals surface area contributed by atoms with Crippen LogP contribution in [0, 0.1) is 5.92 Å². The molecule has 1 aromatic carbocycles. The zero-order chi connectivity index (χ0) is 12.8. The van der Waals surface area contributed by atoms with Crippen molar-refractivity contribution >= 4 is 17.6 Å². The quantitative estimate of drug-likeness (QED) is 0.634. The molecule has 1 aliphatic carbocycles. The third-order valence-corrected chi connectivity index (χ3v) is 3.31. The summed E-state index contributed by atoms with van der Waals surface area (Å²) in [6.07, 6.45) is 3.66. The molecule has 0 saturated heterocycles. The summed E-state index contributed by atoms with van der Waals surface area (Å²) in [4.78, 5) is 4.20. The van der Waals surface area contributed by atoms with Crippen molar-refractivity contribution in [1.82, 2.24) is 10.6 Å². The number of rotatable bonds is 5. The summed E-state index contributed by atoms with van der Waals surface area (Å²) in [6, 6.07) is 7.98. The van der Waals surface area contributed by atoms with Crippen LogP contribution in [-0.2, 0) is 6.42 Å². The number of hydrogen-bond donors (Lipinski definition) is 2. The van der Waals surface area contributed by atoms with E-state index < -0.39 is 0 Å². The van der Waals surface area contributed by atoms with Crippen LogP contribution in [0.2, 0.25) is 5.02 Å². The highest BCUT2D eigenvalue weighted by Crippen LogP contribution is 2.27. The Morgan fingerprint density at radius 3 is 2.89 bits per heavy atom. The van der Waals surface area contributed by atoms with Crippen LogP contribution in [0.15, 0.2) is 29.3 Å². The molecule has 0 aromatic heterocycles. The van der Waals surface area contributed by atoms with Crippen molar-refractivity contribution in [2.24, 2.45) is 10.9 Å². The maximum atomic E-state index is 5.95. The molecule has 4 heteroatoms. The van der Waals surface area contributed by atoms with Gasteiger partial charge in [-0.15, -0.1) is 0 Å². The topological polar surface area (TPSA) is 36.4 Å². The second kappa shape index (κ2) is 6.64. The molecule has 98 valence electrons. The monoisotopic (exact) mass is 265 g/mol. The van der Waals surface area contributed by atoms with Gasteiger partial charge in [0.25, 0.3) is 0 Å². The van der Waals surface area contributed by atoms with E-state index in [1.54, 1.807) is 0 Å². The Hall–Kier alpha value is -1.22. The minimum Gasteiger partial charge on any atom is -0.356 e. The smallest absolute Gasteiger partial charge is 0.190 e. The molecule has 1 aliphatic rings. The van der Waals surface area contributed by atoms with E-state index in [0.29, 0.717) is 0 Å². The summed E-state index contributed by atoms with van der Waals surface area (Å²) in [6.45, 7) is 1.90. The lowest BCUT2D eigenvalue weighted by molar-refractivity contribution is 0.734. The lowest BCUT2D eigenvalue weighted by Gasteiger charge is -2.11. The first-order chi connectivity index (χ1) is 8.78. The zero-order valence-electron chi connectivity index (χ0n) is 10.7. The number of halogens is 1. The molecule has 0 aliphatic heterocycles. The standard InChI is InChI=1S/C14H20ClN3/c1-16-14(18-10-12-5-6-12)17-8-7-11-3-2-4-13(15)9-11/h2-4,9,12H,5-8,10H2,1H3,(H2,16,17,18). The first-order valence-electron chi connectivity index (χ1n) is 6.47. The number of aliphatic imine (C=N–C) groups is 1. The average Bonchev–Trinajstić information content (AvgIpc) is 3.17. The molecule has 1 fully saturated rings. The van der Waals surface area contributed by atoms with Crippen LogP contribution in [0.25, 0.3) is 0 Å². The minimum atomic E-state index is 0.795. The lowest BCUT2D eigenvalue weighted by Crippen LogP contribution is -2.39. The Morgan fingerprint density at radius 1 is 1.39 bits per heavy atom. The predicted molar refractivity (Wildman–Crippen MR) is 77.2 cm³/mol. The molecule has 0 unspecified atom stereocenters. The molecule has 0 spiro atoms. The van der Waals surface area contributed by atoms with Crippen LogP contribution in [0.1, 0.15) is 18.4 Å². The second-order valence-electron chi connectivity index (χ2n) is 4.70. The van der Waals surface area contributed by atoms with E-state index in [0.717, 1.165) is 36.4 Å². The maximum Gasteiger partial charge on any atom is 0.190 e. The van der Waals surface area contributed by atoms with Gasteiger partial charge >= 0.3 is 0 Å². The molecule has 2 rings (SSSR count). The Morgan fingerprint density at radius 2 is 2.22 bits per heavy atom. The van der Waals surface area contributed by atoms with Gasteiger partial charge in [0.2, 0.25) is 0 Å². The van der Waals surface area contributed by atoms with Gasteiger partial charge in [0.05, 0.1) is 0 Å². The normalized spacial score (nSPS) is 15.6. The minimum absolute atomic E-state index is 0.795. The molecule has 0 radical (unpaired) electrons. The van der Waals surface area contributed by atoms with Crippen molar-refractivity contribution < 1.29 is 0 Å². The predicted octanol–water partition coefficient (Wildman–Crippen LogP) is 2.46. The number of nitrogens with one attached hydrogen (secondary N) is 2. The van der Waals surface area contributed by atoms with Crippen LogP contribution in [0.4, 0.5) is 0 Å². The molecule has 0 bridgehead atoms. The van der Waals surface area contributed by atoms with E-state index in [2.05, 4.69) is 21.7 Å². The van der Waals surface area contributed by atoms with Crippen molar-refractivity contribution in [3.05, 3.63) is 34.9 Å². The Labute approximate surface area is 114 Å². The Bertz CT molecular complexity index is 413. The van der Waals surface area contributed by atoms with Gasteiger partial charge in [-0.05, 0) is 42.9 Å². The van der Waals surface area contributed by atoms with E-state index in [4.69, 9.17) is 11.6 Å². The summed E-state index contributed by atoms with van der Waals surface area (Å²) >= 11 is 5.95. The molecule has 0 heterocycles. The van der Waals surface area contributed by atoms with Crippen molar-refractivity contribution in [2.45, 2.75) is 19.3 Å². The molecule has 18 heavy (non-hydrogen) atoms. The van der Waals surface area contributed by atoms with Gasteiger partial charge in [-0.2, -0.15) is 0 Å². The highest BCUT2D eigenvalue weighted by Gasteiger charge is 2.20. The third kappa shape index (κ3) is 4.57. The fourth-order valence-corrected chi connectivity index (χ4v) is 2.01. The zero-order valence-corrected chi connectivity index (χ0v) is 11.5. The van der Waals surface area contributed by atoms with Crippen LogP contribution in [-0.4, -0.2) is 26.1 Å². The second-order valence-corrected chi connectivity index (χ2v) is 5.14. The number of guanidine groups is 1. The number of benzene rings is 1. The molecule has 0 amide bonds. The molecular formula is C14H20ClN3. The fourth-order valence-electron chi connectivity index (χ4n) is 1.80. The van der Waals surface area contributed by atoms with Crippen LogP contribution >= 0.6 is 11.6 Å². The van der Waals surface area contributed by atoms with Crippen molar-refractivity contribution in [2.75, 3.05) is 20.1 Å². The summed E-state index contributed by atoms with van der Waals surface area (Å²) < 4.78 is 0. The van der Waals surface area contributed by atoms with E-state index >= 15 is 0 Å². The highest BCUT2D eigenvalue weighted by atomic mass is 35.5. The summed E-state index contributed by atoms with van der Waals surface area (Å²) in [5.41, 5.74) is 1.24. The van der Waals surface area contributed by atoms with E-state index in [-0.39, 0.29) is 0 Å². The third-order valence-electron chi connectivity index (χ3n) is 3.07. The van der Waals surface area contributed by atoms with Crippen LogP contribution in [0.3, 0.4) is 0 Å². The van der Waals surface area contributed by atoms with Crippen molar-refractivity contribution in [1.29, 1.82) is 0 Å².